The number of rotatable bonds is 7. The predicted octanol–water partition coefficient (Wildman–Crippen LogP) is 6.84. The third-order valence-corrected chi connectivity index (χ3v) is 6.77. The molecule has 0 bridgehead atoms. The fourth-order valence-corrected chi connectivity index (χ4v) is 4.66. The van der Waals surface area contributed by atoms with Crippen LogP contribution in [0.3, 0.4) is 0 Å². The second-order valence-electron chi connectivity index (χ2n) is 8.10. The van der Waals surface area contributed by atoms with Gasteiger partial charge < -0.3 is 15.3 Å². The van der Waals surface area contributed by atoms with Crippen molar-refractivity contribution in [2.45, 2.75) is 18.7 Å². The number of nitrogens with two attached hydrogens (primary N) is 1. The minimum absolute atomic E-state index is 0.396. The van der Waals surface area contributed by atoms with E-state index in [0.717, 1.165) is 50.1 Å². The molecule has 0 saturated carbocycles. The highest BCUT2D eigenvalue weighted by Gasteiger charge is 2.11. The number of aliphatic carboxylic acids is 1. The van der Waals surface area contributed by atoms with Crippen molar-refractivity contribution in [3.8, 4) is 22.3 Å². The summed E-state index contributed by atoms with van der Waals surface area (Å²) in [6.45, 7) is 2.09. The number of benzene rings is 3. The molecule has 172 valence electrons. The number of hydrogen-bond donors (Lipinski definition) is 2. The number of hydrogen-bond acceptors (Lipinski definition) is 4. The van der Waals surface area contributed by atoms with Crippen molar-refractivity contribution < 1.29 is 14.3 Å². The number of thioether (sulfide) groups is 1. The normalized spacial score (nSPS) is 11.7. The van der Waals surface area contributed by atoms with E-state index in [2.05, 4.69) is 79.7 Å². The monoisotopic (exact) mass is 469 g/mol. The van der Waals surface area contributed by atoms with E-state index < -0.39 is 12.0 Å². The highest BCUT2D eigenvalue weighted by atomic mass is 32.2. The van der Waals surface area contributed by atoms with E-state index in [1.807, 2.05) is 18.2 Å². The summed E-state index contributed by atoms with van der Waals surface area (Å²) in [5, 5.41) is 9.96. The summed E-state index contributed by atoms with van der Waals surface area (Å²) in [6, 6.07) is 30.2. The molecule has 0 spiro atoms. The predicted molar refractivity (Wildman–Crippen MR) is 141 cm³/mol. The molecule has 0 fully saturated rings. The molecule has 5 heteroatoms. The van der Waals surface area contributed by atoms with Crippen LogP contribution in [0.2, 0.25) is 0 Å². The largest absolute Gasteiger partial charge is 0.480 e. The molecule has 1 atom stereocenters. The van der Waals surface area contributed by atoms with E-state index in [0.29, 0.717) is 5.75 Å². The van der Waals surface area contributed by atoms with Gasteiger partial charge in [-0.15, -0.1) is 0 Å². The Labute approximate surface area is 203 Å². The Morgan fingerprint density at radius 3 is 2.26 bits per heavy atom. The second-order valence-corrected chi connectivity index (χ2v) is 9.13. The number of para-hydroxylation sites is 1. The van der Waals surface area contributed by atoms with Crippen molar-refractivity contribution >= 4 is 28.7 Å². The van der Waals surface area contributed by atoms with Crippen molar-refractivity contribution in [2.24, 2.45) is 5.73 Å². The zero-order chi connectivity index (χ0) is 23.9. The maximum atomic E-state index is 10.8. The Kier molecular flexibility index (Phi) is 7.68. The molecular formula is C29H27NO3S. The summed E-state index contributed by atoms with van der Waals surface area (Å²) in [5.74, 6) is 0.167. The molecule has 4 nitrogen and oxygen atoms in total. The van der Waals surface area contributed by atoms with E-state index in [-0.39, 0.29) is 0 Å². The molecule has 0 unspecified atom stereocenters. The van der Waals surface area contributed by atoms with Gasteiger partial charge in [0.2, 0.25) is 0 Å². The summed E-state index contributed by atoms with van der Waals surface area (Å²) in [7, 11) is 0. The SMILES string of the molecule is Cc1cccccoc2c(-c3ccc(-c4ccc(CSC[C@H](N)C(=O)O)cc4)cc3)cccc12. The molecule has 1 aromatic heterocycles. The lowest BCUT2D eigenvalue weighted by Gasteiger charge is -2.09. The van der Waals surface area contributed by atoms with Crippen LogP contribution in [0, 0.1) is 6.92 Å². The quantitative estimate of drug-likeness (QED) is 0.310. The molecule has 4 rings (SSSR count). The van der Waals surface area contributed by atoms with Crippen molar-refractivity contribution in [1.82, 2.24) is 0 Å². The molecule has 0 saturated heterocycles. The zero-order valence-electron chi connectivity index (χ0n) is 19.0. The summed E-state index contributed by atoms with van der Waals surface area (Å²) >= 11 is 1.53. The standard InChI is InChI=1S/C29H27NO3S/c1-20-6-3-2-4-17-33-28-25(20)7-5-8-26(28)24-15-13-23(14-16-24)22-11-9-21(10-12-22)18-34-19-27(30)29(31)32/h2-17,27H,18-19,30H2,1H3,(H,31,32)/t27-/m0/s1. The van der Waals surface area contributed by atoms with Crippen molar-refractivity contribution in [2.75, 3.05) is 5.75 Å². The summed E-state index contributed by atoms with van der Waals surface area (Å²) < 4.78 is 6.04. The van der Waals surface area contributed by atoms with Crippen LogP contribution >= 0.6 is 11.8 Å². The first kappa shape index (κ1) is 23.6. The molecule has 1 heterocycles. The maximum absolute atomic E-state index is 10.8. The van der Waals surface area contributed by atoms with Gasteiger partial charge in [-0.1, -0.05) is 84.9 Å². The summed E-state index contributed by atoms with van der Waals surface area (Å²) in [5.41, 5.74) is 13.1. The lowest BCUT2D eigenvalue weighted by molar-refractivity contribution is -0.137. The highest BCUT2D eigenvalue weighted by Crippen LogP contribution is 2.31. The van der Waals surface area contributed by atoms with Crippen LogP contribution in [0.1, 0.15) is 11.1 Å². The van der Waals surface area contributed by atoms with Gasteiger partial charge in [0.25, 0.3) is 0 Å². The molecule has 0 aliphatic heterocycles. The van der Waals surface area contributed by atoms with Gasteiger partial charge in [-0.05, 0) is 40.8 Å². The van der Waals surface area contributed by atoms with E-state index >= 15 is 0 Å². The van der Waals surface area contributed by atoms with Crippen LogP contribution in [0.15, 0.2) is 102 Å². The average molecular weight is 470 g/mol. The topological polar surface area (TPSA) is 76.5 Å². The molecule has 3 N–H and O–H groups in total. The first-order chi connectivity index (χ1) is 16.5. The molecule has 3 aromatic carbocycles. The lowest BCUT2D eigenvalue weighted by Crippen LogP contribution is -2.32. The third-order valence-electron chi connectivity index (χ3n) is 5.64. The first-order valence-electron chi connectivity index (χ1n) is 11.1. The van der Waals surface area contributed by atoms with Gasteiger partial charge >= 0.3 is 5.97 Å². The third kappa shape index (κ3) is 5.68. The summed E-state index contributed by atoms with van der Waals surface area (Å²) in [6.07, 6.45) is 1.72. The Morgan fingerprint density at radius 1 is 0.882 bits per heavy atom. The highest BCUT2D eigenvalue weighted by molar-refractivity contribution is 7.98. The van der Waals surface area contributed by atoms with Crippen molar-refractivity contribution in [3.63, 3.8) is 0 Å². The molecule has 0 radical (unpaired) electrons. The molecular weight excluding hydrogens is 442 g/mol. The van der Waals surface area contributed by atoms with E-state index in [4.69, 9.17) is 15.3 Å². The van der Waals surface area contributed by atoms with E-state index in [1.165, 1.54) is 11.8 Å². The summed E-state index contributed by atoms with van der Waals surface area (Å²) in [4.78, 5) is 10.8. The van der Waals surface area contributed by atoms with Crippen LogP contribution < -0.4 is 5.73 Å². The maximum Gasteiger partial charge on any atom is 0.321 e. The lowest BCUT2D eigenvalue weighted by atomic mass is 9.98. The number of carboxylic acids is 1. The molecule has 4 aromatic rings. The number of fused-ring (bicyclic) bond motifs is 1. The Hall–Kier alpha value is -3.54. The van der Waals surface area contributed by atoms with Crippen LogP contribution in [0.5, 0.6) is 0 Å². The molecule has 0 aliphatic rings. The van der Waals surface area contributed by atoms with Gasteiger partial charge in [0.15, 0.2) is 0 Å². The molecule has 0 amide bonds. The van der Waals surface area contributed by atoms with Crippen LogP contribution in [-0.2, 0) is 10.5 Å². The van der Waals surface area contributed by atoms with E-state index in [9.17, 15) is 4.79 Å². The number of carboxylic acid groups (broad SMARTS) is 1. The van der Waals surface area contributed by atoms with Crippen LogP contribution in [0.4, 0.5) is 0 Å². The van der Waals surface area contributed by atoms with Gasteiger partial charge in [-0.3, -0.25) is 4.79 Å². The molecule has 0 aliphatic carbocycles. The van der Waals surface area contributed by atoms with Crippen molar-refractivity contribution in [1.29, 1.82) is 0 Å². The minimum Gasteiger partial charge on any atom is -0.480 e. The van der Waals surface area contributed by atoms with Gasteiger partial charge in [0.1, 0.15) is 11.6 Å². The number of carbonyl (C=O) groups is 1. The van der Waals surface area contributed by atoms with Crippen LogP contribution in [-0.4, -0.2) is 22.9 Å². The Morgan fingerprint density at radius 2 is 1.56 bits per heavy atom. The average Bonchev–Trinajstić information content (AvgIpc) is 2.95. The second kappa shape index (κ2) is 11.1. The zero-order valence-corrected chi connectivity index (χ0v) is 19.8. The van der Waals surface area contributed by atoms with Gasteiger partial charge in [-0.25, -0.2) is 0 Å². The molecule has 34 heavy (non-hydrogen) atoms. The Balaban J connectivity index is 1.55. The van der Waals surface area contributed by atoms with Gasteiger partial charge in [0, 0.05) is 22.5 Å². The van der Waals surface area contributed by atoms with Gasteiger partial charge in [0.05, 0.1) is 6.26 Å². The Bertz CT molecular complexity index is 1330. The van der Waals surface area contributed by atoms with Crippen LogP contribution in [0.25, 0.3) is 33.2 Å². The van der Waals surface area contributed by atoms with E-state index in [1.54, 1.807) is 6.26 Å². The number of aryl methyl sites for hydroxylation is 1. The smallest absolute Gasteiger partial charge is 0.321 e. The van der Waals surface area contributed by atoms with Crippen molar-refractivity contribution in [3.05, 3.63) is 108 Å². The first-order valence-corrected chi connectivity index (χ1v) is 12.2. The fraction of sp³-hybridized carbons (Fsp3) is 0.138. The van der Waals surface area contributed by atoms with Gasteiger partial charge in [-0.2, -0.15) is 11.8 Å². The minimum atomic E-state index is -0.963. The fourth-order valence-electron chi connectivity index (χ4n) is 3.72.